The lowest BCUT2D eigenvalue weighted by Crippen LogP contribution is -2.05. The van der Waals surface area contributed by atoms with Gasteiger partial charge in [0.15, 0.2) is 0 Å². The molecule has 0 aliphatic heterocycles. The molecule has 0 unspecified atom stereocenters. The molecule has 6 heteroatoms. The zero-order chi connectivity index (χ0) is 21.8. The quantitative estimate of drug-likeness (QED) is 0.309. The van der Waals surface area contributed by atoms with Crippen molar-refractivity contribution in [1.29, 1.82) is 0 Å². The molecule has 0 saturated heterocycles. The van der Waals surface area contributed by atoms with E-state index < -0.39 is 5.97 Å². The normalized spacial score (nSPS) is 10.8. The highest BCUT2D eigenvalue weighted by Crippen LogP contribution is 2.37. The van der Waals surface area contributed by atoms with Gasteiger partial charge in [-0.25, -0.2) is 4.79 Å². The van der Waals surface area contributed by atoms with Crippen LogP contribution in [0.15, 0.2) is 71.1 Å². The van der Waals surface area contributed by atoms with Crippen molar-refractivity contribution < 1.29 is 23.4 Å². The Bertz CT molecular complexity index is 1210. The molecule has 0 atom stereocenters. The lowest BCUT2D eigenvalue weighted by molar-refractivity contribution is 0.0528. The summed E-state index contributed by atoms with van der Waals surface area (Å²) in [7, 11) is 1.60. The highest BCUT2D eigenvalue weighted by Gasteiger charge is 2.24. The van der Waals surface area contributed by atoms with Crippen molar-refractivity contribution in [3.63, 3.8) is 0 Å². The summed E-state index contributed by atoms with van der Waals surface area (Å²) in [5.74, 6) is 1.31. The predicted molar refractivity (Wildman–Crippen MR) is 120 cm³/mol. The van der Waals surface area contributed by atoms with Crippen molar-refractivity contribution in [3.05, 3.63) is 82.9 Å². The number of carbonyl (C=O) groups is 1. The minimum atomic E-state index is -0.449. The summed E-state index contributed by atoms with van der Waals surface area (Å²) in [6, 6.07) is 20.2. The van der Waals surface area contributed by atoms with Crippen LogP contribution < -0.4 is 9.47 Å². The highest BCUT2D eigenvalue weighted by atomic mass is 35.5. The van der Waals surface area contributed by atoms with Gasteiger partial charge in [-0.05, 0) is 55.5 Å². The molecule has 158 valence electrons. The van der Waals surface area contributed by atoms with Gasteiger partial charge in [0.1, 0.15) is 35.0 Å². The molecule has 0 aliphatic rings. The zero-order valence-electron chi connectivity index (χ0n) is 17.2. The maximum atomic E-state index is 12.8. The maximum Gasteiger partial charge on any atom is 0.342 e. The second-order valence-corrected chi connectivity index (χ2v) is 7.20. The highest BCUT2D eigenvalue weighted by molar-refractivity contribution is 6.31. The molecular weight excluding hydrogens is 416 g/mol. The van der Waals surface area contributed by atoms with Crippen molar-refractivity contribution in [2.24, 2.45) is 0 Å². The number of ether oxygens (including phenoxy) is 3. The van der Waals surface area contributed by atoms with Gasteiger partial charge in [0.05, 0.1) is 13.7 Å². The number of esters is 1. The first-order valence-electron chi connectivity index (χ1n) is 9.85. The van der Waals surface area contributed by atoms with Gasteiger partial charge in [0, 0.05) is 21.5 Å². The Labute approximate surface area is 185 Å². The largest absolute Gasteiger partial charge is 0.497 e. The topological polar surface area (TPSA) is 57.9 Å². The lowest BCUT2D eigenvalue weighted by Gasteiger charge is -2.08. The number of benzene rings is 3. The molecule has 0 saturated carbocycles. The average Bonchev–Trinajstić information content (AvgIpc) is 3.17. The molecule has 0 amide bonds. The fourth-order valence-electron chi connectivity index (χ4n) is 3.29. The van der Waals surface area contributed by atoms with Crippen LogP contribution in [0.2, 0.25) is 5.02 Å². The summed E-state index contributed by atoms with van der Waals surface area (Å²) in [5, 5.41) is 1.27. The number of hydrogen-bond donors (Lipinski definition) is 0. The van der Waals surface area contributed by atoms with E-state index in [1.165, 1.54) is 0 Å². The van der Waals surface area contributed by atoms with Gasteiger partial charge in [-0.2, -0.15) is 0 Å². The smallest absolute Gasteiger partial charge is 0.342 e. The van der Waals surface area contributed by atoms with Gasteiger partial charge in [-0.1, -0.05) is 29.8 Å². The zero-order valence-corrected chi connectivity index (χ0v) is 17.9. The van der Waals surface area contributed by atoms with E-state index in [9.17, 15) is 4.79 Å². The van der Waals surface area contributed by atoms with Crippen LogP contribution in [0.25, 0.3) is 22.3 Å². The molecule has 3 aromatic carbocycles. The summed E-state index contributed by atoms with van der Waals surface area (Å²) < 4.78 is 22.5. The van der Waals surface area contributed by atoms with Crippen molar-refractivity contribution in [2.75, 3.05) is 13.7 Å². The lowest BCUT2D eigenvalue weighted by atomic mass is 10.1. The number of hydrogen-bond acceptors (Lipinski definition) is 5. The second-order valence-electron chi connectivity index (χ2n) is 6.79. The number of methoxy groups -OCH3 is 1. The molecule has 0 bridgehead atoms. The van der Waals surface area contributed by atoms with E-state index in [-0.39, 0.29) is 6.61 Å². The minimum Gasteiger partial charge on any atom is -0.497 e. The number of halogens is 1. The molecular formula is C25H21ClO5. The Morgan fingerprint density at radius 1 is 1.00 bits per heavy atom. The summed E-state index contributed by atoms with van der Waals surface area (Å²) in [6.07, 6.45) is 0. The molecule has 4 rings (SSSR count). The van der Waals surface area contributed by atoms with Crippen LogP contribution in [0, 0.1) is 0 Å². The molecule has 31 heavy (non-hydrogen) atoms. The third kappa shape index (κ3) is 4.37. The van der Waals surface area contributed by atoms with Crippen molar-refractivity contribution in [2.45, 2.75) is 13.5 Å². The SMILES string of the molecule is CCOC(=O)c1c(-c2ccc(OC)cc2)oc2ccc(OCc3ccccc3Cl)cc12. The molecule has 0 radical (unpaired) electrons. The number of carbonyl (C=O) groups excluding carboxylic acids is 1. The Morgan fingerprint density at radius 3 is 2.45 bits per heavy atom. The monoisotopic (exact) mass is 436 g/mol. The summed E-state index contributed by atoms with van der Waals surface area (Å²) in [4.78, 5) is 12.8. The number of fused-ring (bicyclic) bond motifs is 1. The van der Waals surface area contributed by atoms with E-state index in [0.29, 0.717) is 45.4 Å². The van der Waals surface area contributed by atoms with Crippen LogP contribution in [0.3, 0.4) is 0 Å². The standard InChI is InChI=1S/C25H21ClO5/c1-3-29-25(27)23-20-14-19(30-15-17-6-4-5-7-21(17)26)12-13-22(20)31-24(23)16-8-10-18(28-2)11-9-16/h4-14H,3,15H2,1-2H3. The first-order valence-corrected chi connectivity index (χ1v) is 10.2. The fourth-order valence-corrected chi connectivity index (χ4v) is 3.48. The van der Waals surface area contributed by atoms with Gasteiger partial charge in [-0.3, -0.25) is 0 Å². The van der Waals surface area contributed by atoms with Gasteiger partial charge in [-0.15, -0.1) is 0 Å². The Hall–Kier alpha value is -3.44. The average molecular weight is 437 g/mol. The van der Waals surface area contributed by atoms with Crippen LogP contribution in [-0.4, -0.2) is 19.7 Å². The van der Waals surface area contributed by atoms with Crippen molar-refractivity contribution >= 4 is 28.5 Å². The minimum absolute atomic E-state index is 0.260. The number of furan rings is 1. The molecule has 0 spiro atoms. The van der Waals surface area contributed by atoms with Crippen LogP contribution in [-0.2, 0) is 11.3 Å². The maximum absolute atomic E-state index is 12.8. The van der Waals surface area contributed by atoms with E-state index in [4.69, 9.17) is 30.2 Å². The van der Waals surface area contributed by atoms with E-state index in [0.717, 1.165) is 11.1 Å². The van der Waals surface area contributed by atoms with Gasteiger partial charge in [0.25, 0.3) is 0 Å². The fraction of sp³-hybridized carbons (Fsp3) is 0.160. The molecule has 1 aromatic heterocycles. The first-order chi connectivity index (χ1) is 15.1. The molecule has 0 N–H and O–H groups in total. The Morgan fingerprint density at radius 2 is 1.74 bits per heavy atom. The van der Waals surface area contributed by atoms with Crippen molar-refractivity contribution in [1.82, 2.24) is 0 Å². The Kier molecular flexibility index (Phi) is 6.14. The Balaban J connectivity index is 1.73. The van der Waals surface area contributed by atoms with Crippen LogP contribution in [0.5, 0.6) is 11.5 Å². The van der Waals surface area contributed by atoms with E-state index in [1.807, 2.05) is 48.5 Å². The van der Waals surface area contributed by atoms with E-state index >= 15 is 0 Å². The molecule has 0 aliphatic carbocycles. The predicted octanol–water partition coefficient (Wildman–Crippen LogP) is 6.52. The van der Waals surface area contributed by atoms with E-state index in [2.05, 4.69) is 0 Å². The van der Waals surface area contributed by atoms with E-state index in [1.54, 1.807) is 32.2 Å². The van der Waals surface area contributed by atoms with Gasteiger partial charge < -0.3 is 18.6 Å². The summed E-state index contributed by atoms with van der Waals surface area (Å²) >= 11 is 6.21. The van der Waals surface area contributed by atoms with Crippen LogP contribution in [0.4, 0.5) is 0 Å². The van der Waals surface area contributed by atoms with Crippen molar-refractivity contribution in [3.8, 4) is 22.8 Å². The third-order valence-electron chi connectivity index (χ3n) is 4.84. The molecule has 5 nitrogen and oxygen atoms in total. The van der Waals surface area contributed by atoms with Crippen LogP contribution in [0.1, 0.15) is 22.8 Å². The first kappa shape index (κ1) is 20.8. The summed E-state index contributed by atoms with van der Waals surface area (Å²) in [5.41, 5.74) is 2.56. The van der Waals surface area contributed by atoms with Gasteiger partial charge >= 0.3 is 5.97 Å². The molecule has 1 heterocycles. The second kappa shape index (κ2) is 9.14. The summed E-state index contributed by atoms with van der Waals surface area (Å²) in [6.45, 7) is 2.34. The number of rotatable bonds is 7. The van der Waals surface area contributed by atoms with Gasteiger partial charge in [0.2, 0.25) is 0 Å². The third-order valence-corrected chi connectivity index (χ3v) is 5.21. The molecule has 0 fully saturated rings. The van der Waals surface area contributed by atoms with Crippen LogP contribution >= 0.6 is 11.6 Å². The molecule has 4 aromatic rings.